The Balaban J connectivity index is 1.49. The minimum Gasteiger partial charge on any atom is -0.491 e. The number of amides is 1. The van der Waals surface area contributed by atoms with Gasteiger partial charge in [-0.15, -0.1) is 0 Å². The molecule has 1 saturated heterocycles. The molecule has 0 unspecified atom stereocenters. The van der Waals surface area contributed by atoms with Crippen molar-refractivity contribution in [1.29, 1.82) is 0 Å². The van der Waals surface area contributed by atoms with E-state index >= 15 is 0 Å². The Kier molecular flexibility index (Phi) is 6.45. The van der Waals surface area contributed by atoms with Crippen LogP contribution in [0.2, 0.25) is 0 Å². The molecule has 0 radical (unpaired) electrons. The number of carbonyl (C=O) groups excluding carboxylic acids is 1. The number of nitrogens with one attached hydrogen (secondary N) is 1. The van der Waals surface area contributed by atoms with Gasteiger partial charge in [0.15, 0.2) is 0 Å². The first-order chi connectivity index (χ1) is 13.0. The fraction of sp³-hybridized carbons (Fsp3) is 0.409. The van der Waals surface area contributed by atoms with Crippen LogP contribution in [0.25, 0.3) is 0 Å². The smallest absolute Gasteiger partial charge is 0.227 e. The fourth-order valence-electron chi connectivity index (χ4n) is 3.36. The number of hydrogen-bond acceptors (Lipinski definition) is 3. The van der Waals surface area contributed by atoms with Gasteiger partial charge in [0.1, 0.15) is 11.6 Å². The second-order valence-electron chi connectivity index (χ2n) is 7.36. The van der Waals surface area contributed by atoms with E-state index in [-0.39, 0.29) is 23.7 Å². The van der Waals surface area contributed by atoms with Crippen LogP contribution in [-0.4, -0.2) is 30.0 Å². The number of likely N-dealkylation sites (tertiary alicyclic amines) is 1. The van der Waals surface area contributed by atoms with E-state index in [1.807, 2.05) is 50.2 Å². The third-order valence-electron chi connectivity index (χ3n) is 4.75. The van der Waals surface area contributed by atoms with Crippen LogP contribution in [-0.2, 0) is 11.3 Å². The minimum atomic E-state index is -0.211. The van der Waals surface area contributed by atoms with Crippen molar-refractivity contribution in [3.05, 3.63) is 59.9 Å². The zero-order valence-corrected chi connectivity index (χ0v) is 16.0. The molecule has 0 aliphatic carbocycles. The average Bonchev–Trinajstić information content (AvgIpc) is 2.64. The summed E-state index contributed by atoms with van der Waals surface area (Å²) in [7, 11) is 0. The van der Waals surface area contributed by atoms with E-state index in [9.17, 15) is 9.18 Å². The van der Waals surface area contributed by atoms with Crippen molar-refractivity contribution in [1.82, 2.24) is 4.90 Å². The van der Waals surface area contributed by atoms with Gasteiger partial charge >= 0.3 is 0 Å². The zero-order chi connectivity index (χ0) is 19.2. The molecule has 3 rings (SSSR count). The van der Waals surface area contributed by atoms with Gasteiger partial charge in [-0.1, -0.05) is 18.2 Å². The number of rotatable bonds is 6. The molecular weight excluding hydrogens is 343 g/mol. The lowest BCUT2D eigenvalue weighted by Gasteiger charge is -2.31. The quantitative estimate of drug-likeness (QED) is 0.816. The molecule has 0 atom stereocenters. The van der Waals surface area contributed by atoms with E-state index in [1.165, 1.54) is 12.1 Å². The van der Waals surface area contributed by atoms with Gasteiger partial charge in [0.2, 0.25) is 5.91 Å². The maximum absolute atomic E-state index is 13.0. The van der Waals surface area contributed by atoms with Gasteiger partial charge in [-0.2, -0.15) is 0 Å². The number of benzene rings is 2. The molecule has 0 bridgehead atoms. The van der Waals surface area contributed by atoms with E-state index in [0.29, 0.717) is 0 Å². The summed E-state index contributed by atoms with van der Waals surface area (Å²) < 4.78 is 18.7. The fourth-order valence-corrected chi connectivity index (χ4v) is 3.36. The molecule has 1 aliphatic rings. The summed E-state index contributed by atoms with van der Waals surface area (Å²) in [4.78, 5) is 14.9. The van der Waals surface area contributed by atoms with Crippen LogP contribution in [0.4, 0.5) is 10.1 Å². The molecule has 27 heavy (non-hydrogen) atoms. The molecule has 0 saturated carbocycles. The largest absolute Gasteiger partial charge is 0.491 e. The predicted octanol–water partition coefficient (Wildman–Crippen LogP) is 4.46. The van der Waals surface area contributed by atoms with E-state index in [4.69, 9.17) is 4.74 Å². The number of halogens is 1. The third kappa shape index (κ3) is 5.79. The number of ether oxygens (including phenoxy) is 1. The number of nitrogens with zero attached hydrogens (tertiary/aromatic N) is 1. The molecule has 0 aromatic heterocycles. The first-order valence-electron chi connectivity index (χ1n) is 9.54. The maximum Gasteiger partial charge on any atom is 0.227 e. The Labute approximate surface area is 160 Å². The highest BCUT2D eigenvalue weighted by molar-refractivity contribution is 5.92. The highest BCUT2D eigenvalue weighted by Gasteiger charge is 2.25. The average molecular weight is 370 g/mol. The summed E-state index contributed by atoms with van der Waals surface area (Å²) in [6.45, 7) is 6.48. The Hall–Kier alpha value is -2.40. The Morgan fingerprint density at radius 1 is 1.19 bits per heavy atom. The highest BCUT2D eigenvalue weighted by atomic mass is 19.1. The van der Waals surface area contributed by atoms with E-state index in [2.05, 4.69) is 10.2 Å². The van der Waals surface area contributed by atoms with Crippen molar-refractivity contribution in [2.24, 2.45) is 5.92 Å². The van der Waals surface area contributed by atoms with Gasteiger partial charge in [0, 0.05) is 24.2 Å². The highest BCUT2D eigenvalue weighted by Crippen LogP contribution is 2.23. The summed E-state index contributed by atoms with van der Waals surface area (Å²) in [6.07, 6.45) is 1.76. The van der Waals surface area contributed by atoms with Crippen LogP contribution in [0.5, 0.6) is 5.75 Å². The van der Waals surface area contributed by atoms with Crippen molar-refractivity contribution in [2.75, 3.05) is 18.4 Å². The van der Waals surface area contributed by atoms with Gasteiger partial charge in [-0.05, 0) is 69.6 Å². The normalized spacial score (nSPS) is 15.7. The van der Waals surface area contributed by atoms with Crippen molar-refractivity contribution in [3.63, 3.8) is 0 Å². The molecule has 0 spiro atoms. The van der Waals surface area contributed by atoms with Gasteiger partial charge in [0.25, 0.3) is 0 Å². The van der Waals surface area contributed by atoms with Crippen LogP contribution < -0.4 is 10.1 Å². The first-order valence-corrected chi connectivity index (χ1v) is 9.54. The van der Waals surface area contributed by atoms with E-state index < -0.39 is 0 Å². The number of carbonyl (C=O) groups is 1. The van der Waals surface area contributed by atoms with E-state index in [1.54, 1.807) is 0 Å². The standard InChI is InChI=1S/C22H27FN2O2/c1-16(2)27-21-5-3-4-20(14-21)24-22(26)18-10-12-25(13-11-18)15-17-6-8-19(23)9-7-17/h3-9,14,16,18H,10-13,15H2,1-2H3,(H,24,26). The summed E-state index contributed by atoms with van der Waals surface area (Å²) >= 11 is 0. The molecule has 5 heteroatoms. The van der Waals surface area contributed by atoms with Crippen molar-refractivity contribution in [3.8, 4) is 5.75 Å². The summed E-state index contributed by atoms with van der Waals surface area (Å²) in [5.74, 6) is 0.635. The Morgan fingerprint density at radius 3 is 2.56 bits per heavy atom. The molecule has 144 valence electrons. The molecule has 1 fully saturated rings. The molecule has 1 amide bonds. The van der Waals surface area contributed by atoms with Gasteiger partial charge < -0.3 is 10.1 Å². The summed E-state index contributed by atoms with van der Waals surface area (Å²) in [5, 5.41) is 3.02. The molecule has 1 heterocycles. The maximum atomic E-state index is 13.0. The lowest BCUT2D eigenvalue weighted by atomic mass is 9.95. The summed E-state index contributed by atoms with van der Waals surface area (Å²) in [6, 6.07) is 14.2. The van der Waals surface area contributed by atoms with Gasteiger partial charge in [-0.25, -0.2) is 4.39 Å². The second-order valence-corrected chi connectivity index (χ2v) is 7.36. The van der Waals surface area contributed by atoms with Crippen LogP contribution in [0, 0.1) is 11.7 Å². The minimum absolute atomic E-state index is 0.0177. The number of hydrogen-bond donors (Lipinski definition) is 1. The monoisotopic (exact) mass is 370 g/mol. The van der Waals surface area contributed by atoms with Gasteiger partial charge in [0.05, 0.1) is 6.10 Å². The topological polar surface area (TPSA) is 41.6 Å². The van der Waals surface area contributed by atoms with Crippen LogP contribution in [0.15, 0.2) is 48.5 Å². The molecule has 4 nitrogen and oxygen atoms in total. The van der Waals surface area contributed by atoms with Gasteiger partial charge in [-0.3, -0.25) is 9.69 Å². The first kappa shape index (κ1) is 19.4. The molecular formula is C22H27FN2O2. The lowest BCUT2D eigenvalue weighted by molar-refractivity contribution is -0.121. The van der Waals surface area contributed by atoms with Crippen LogP contribution in [0.3, 0.4) is 0 Å². The number of anilines is 1. The van der Waals surface area contributed by atoms with Crippen LogP contribution in [0.1, 0.15) is 32.3 Å². The Bertz CT molecular complexity index is 753. The van der Waals surface area contributed by atoms with Crippen molar-refractivity contribution < 1.29 is 13.9 Å². The van der Waals surface area contributed by atoms with Crippen LogP contribution >= 0.6 is 0 Å². The van der Waals surface area contributed by atoms with Crippen molar-refractivity contribution >= 4 is 11.6 Å². The summed E-state index contributed by atoms with van der Waals surface area (Å²) in [5.41, 5.74) is 1.87. The lowest BCUT2D eigenvalue weighted by Crippen LogP contribution is -2.37. The predicted molar refractivity (Wildman–Crippen MR) is 105 cm³/mol. The van der Waals surface area contributed by atoms with Crippen molar-refractivity contribution in [2.45, 2.75) is 39.3 Å². The SMILES string of the molecule is CC(C)Oc1cccc(NC(=O)C2CCN(Cc3ccc(F)cc3)CC2)c1. The second kappa shape index (κ2) is 9.00. The molecule has 2 aromatic carbocycles. The molecule has 2 aromatic rings. The number of piperidine rings is 1. The Morgan fingerprint density at radius 2 is 1.89 bits per heavy atom. The van der Waals surface area contributed by atoms with E-state index in [0.717, 1.165) is 49.5 Å². The zero-order valence-electron chi connectivity index (χ0n) is 16.0. The molecule has 1 aliphatic heterocycles. The third-order valence-corrected chi connectivity index (χ3v) is 4.75. The molecule has 1 N–H and O–H groups in total.